The topological polar surface area (TPSA) is 38.3 Å². The molecule has 0 saturated heterocycles. The number of nitrogens with one attached hydrogen (secondary N) is 1. The highest BCUT2D eigenvalue weighted by Gasteiger charge is 2.32. The van der Waals surface area contributed by atoms with Gasteiger partial charge in [-0.25, -0.2) is 4.79 Å². The Hall–Kier alpha value is -1.51. The summed E-state index contributed by atoms with van der Waals surface area (Å²) in [6.07, 6.45) is 1.86. The molecule has 1 saturated carbocycles. The number of carbonyl (C=O) groups excluding carboxylic acids is 1. The van der Waals surface area contributed by atoms with E-state index in [1.165, 1.54) is 0 Å². The van der Waals surface area contributed by atoms with Crippen LogP contribution in [0.25, 0.3) is 0 Å². The van der Waals surface area contributed by atoms with Gasteiger partial charge in [-0.1, -0.05) is 44.2 Å². The van der Waals surface area contributed by atoms with Gasteiger partial charge in [-0.3, -0.25) is 0 Å². The highest BCUT2D eigenvalue weighted by atomic mass is 16.5. The molecule has 1 fully saturated rings. The summed E-state index contributed by atoms with van der Waals surface area (Å²) in [6.45, 7) is 4.80. The zero-order chi connectivity index (χ0) is 13.0. The molecule has 1 aromatic rings. The van der Waals surface area contributed by atoms with Crippen molar-refractivity contribution < 1.29 is 9.53 Å². The number of rotatable bonds is 4. The van der Waals surface area contributed by atoms with Gasteiger partial charge in [0.1, 0.15) is 6.61 Å². The van der Waals surface area contributed by atoms with E-state index in [2.05, 4.69) is 19.2 Å². The van der Waals surface area contributed by atoms with Crippen LogP contribution < -0.4 is 5.32 Å². The summed E-state index contributed by atoms with van der Waals surface area (Å²) in [5.41, 5.74) is 1.02. The summed E-state index contributed by atoms with van der Waals surface area (Å²) in [4.78, 5) is 11.6. The lowest BCUT2D eigenvalue weighted by Crippen LogP contribution is -2.45. The van der Waals surface area contributed by atoms with Gasteiger partial charge in [-0.15, -0.1) is 0 Å². The predicted octanol–water partition coefficient (Wildman–Crippen LogP) is 3.35. The van der Waals surface area contributed by atoms with Crippen molar-refractivity contribution in [2.75, 3.05) is 0 Å². The third-order valence-electron chi connectivity index (χ3n) is 3.65. The van der Waals surface area contributed by atoms with Crippen molar-refractivity contribution in [1.29, 1.82) is 0 Å². The number of hydrogen-bond acceptors (Lipinski definition) is 2. The van der Waals surface area contributed by atoms with E-state index in [-0.39, 0.29) is 6.09 Å². The zero-order valence-electron chi connectivity index (χ0n) is 11.1. The molecule has 1 aliphatic rings. The molecule has 98 valence electrons. The summed E-state index contributed by atoms with van der Waals surface area (Å²) >= 11 is 0. The fourth-order valence-corrected chi connectivity index (χ4v) is 2.26. The highest BCUT2D eigenvalue weighted by molar-refractivity contribution is 5.67. The van der Waals surface area contributed by atoms with Gasteiger partial charge in [0.25, 0.3) is 0 Å². The van der Waals surface area contributed by atoms with Crippen molar-refractivity contribution in [2.45, 2.75) is 39.3 Å². The number of amides is 1. The van der Waals surface area contributed by atoms with Crippen molar-refractivity contribution in [1.82, 2.24) is 5.32 Å². The van der Waals surface area contributed by atoms with Crippen LogP contribution in [0.3, 0.4) is 0 Å². The quantitative estimate of drug-likeness (QED) is 0.886. The van der Waals surface area contributed by atoms with Crippen LogP contribution in [0.2, 0.25) is 0 Å². The van der Waals surface area contributed by atoms with E-state index in [1.54, 1.807) is 0 Å². The number of benzene rings is 1. The van der Waals surface area contributed by atoms with E-state index in [1.807, 2.05) is 30.3 Å². The molecule has 3 heteroatoms. The highest BCUT2D eigenvalue weighted by Crippen LogP contribution is 2.33. The molecule has 0 atom stereocenters. The molecule has 0 spiro atoms. The van der Waals surface area contributed by atoms with Gasteiger partial charge in [0, 0.05) is 6.04 Å². The average Bonchev–Trinajstić information content (AvgIpc) is 2.31. The lowest BCUT2D eigenvalue weighted by atomic mass is 9.74. The summed E-state index contributed by atoms with van der Waals surface area (Å²) in [7, 11) is 0. The fourth-order valence-electron chi connectivity index (χ4n) is 2.26. The molecule has 1 aliphatic carbocycles. The van der Waals surface area contributed by atoms with Gasteiger partial charge < -0.3 is 10.1 Å². The molecular formula is C15H21NO2. The second-order valence-electron chi connectivity index (χ2n) is 5.38. The molecule has 0 heterocycles. The summed E-state index contributed by atoms with van der Waals surface area (Å²) in [5.74, 6) is 1.47. The summed E-state index contributed by atoms with van der Waals surface area (Å²) in [5, 5.41) is 2.91. The first kappa shape index (κ1) is 12.9. The third-order valence-corrected chi connectivity index (χ3v) is 3.65. The number of alkyl carbamates (subject to hydrolysis) is 1. The smallest absolute Gasteiger partial charge is 0.407 e. The molecule has 0 aromatic heterocycles. The van der Waals surface area contributed by atoms with E-state index in [0.717, 1.165) is 24.3 Å². The maximum absolute atomic E-state index is 11.6. The molecule has 0 unspecified atom stereocenters. The average molecular weight is 247 g/mol. The maximum Gasteiger partial charge on any atom is 0.407 e. The second-order valence-corrected chi connectivity index (χ2v) is 5.38. The molecular weight excluding hydrogens is 226 g/mol. The van der Waals surface area contributed by atoms with E-state index in [9.17, 15) is 4.79 Å². The van der Waals surface area contributed by atoms with E-state index >= 15 is 0 Å². The minimum atomic E-state index is -0.300. The van der Waals surface area contributed by atoms with Crippen LogP contribution in [-0.4, -0.2) is 12.1 Å². The first-order valence-corrected chi connectivity index (χ1v) is 6.62. The molecule has 0 bridgehead atoms. The van der Waals surface area contributed by atoms with Crippen LogP contribution in [0.4, 0.5) is 4.79 Å². The van der Waals surface area contributed by atoms with Crippen LogP contribution in [0.1, 0.15) is 32.3 Å². The number of ether oxygens (including phenoxy) is 1. The molecule has 1 N–H and O–H groups in total. The first-order valence-electron chi connectivity index (χ1n) is 6.62. The number of carbonyl (C=O) groups is 1. The Morgan fingerprint density at radius 1 is 1.33 bits per heavy atom. The van der Waals surface area contributed by atoms with Gasteiger partial charge in [-0.2, -0.15) is 0 Å². The largest absolute Gasteiger partial charge is 0.445 e. The van der Waals surface area contributed by atoms with Gasteiger partial charge in [-0.05, 0) is 30.2 Å². The van der Waals surface area contributed by atoms with Crippen LogP contribution in [0, 0.1) is 11.8 Å². The zero-order valence-corrected chi connectivity index (χ0v) is 11.1. The van der Waals surface area contributed by atoms with Crippen LogP contribution >= 0.6 is 0 Å². The third kappa shape index (κ3) is 3.49. The predicted molar refractivity (Wildman–Crippen MR) is 71.1 cm³/mol. The summed E-state index contributed by atoms with van der Waals surface area (Å²) in [6, 6.07) is 10.0. The summed E-state index contributed by atoms with van der Waals surface area (Å²) < 4.78 is 5.18. The molecule has 1 aromatic carbocycles. The van der Waals surface area contributed by atoms with Crippen molar-refractivity contribution in [3.63, 3.8) is 0 Å². The van der Waals surface area contributed by atoms with E-state index < -0.39 is 0 Å². The Labute approximate surface area is 109 Å². The molecule has 2 rings (SSSR count). The standard InChI is InChI=1S/C15H21NO2/c1-11(2)13-8-14(9-13)16-15(17)18-10-12-6-4-3-5-7-12/h3-7,11,13-14H,8-10H2,1-2H3,(H,16,17). The lowest BCUT2D eigenvalue weighted by molar-refractivity contribution is 0.113. The molecule has 0 aliphatic heterocycles. The van der Waals surface area contributed by atoms with Gasteiger partial charge in [0.15, 0.2) is 0 Å². The minimum Gasteiger partial charge on any atom is -0.445 e. The lowest BCUT2D eigenvalue weighted by Gasteiger charge is -2.38. The molecule has 1 amide bonds. The van der Waals surface area contributed by atoms with Crippen LogP contribution in [0.5, 0.6) is 0 Å². The van der Waals surface area contributed by atoms with Crippen molar-refractivity contribution in [2.24, 2.45) is 11.8 Å². The molecule has 18 heavy (non-hydrogen) atoms. The SMILES string of the molecule is CC(C)C1CC(NC(=O)OCc2ccccc2)C1. The maximum atomic E-state index is 11.6. The van der Waals surface area contributed by atoms with Crippen molar-refractivity contribution in [3.8, 4) is 0 Å². The minimum absolute atomic E-state index is 0.300. The van der Waals surface area contributed by atoms with Gasteiger partial charge in [0.2, 0.25) is 0 Å². The molecule has 3 nitrogen and oxygen atoms in total. The number of hydrogen-bond donors (Lipinski definition) is 1. The normalized spacial score (nSPS) is 22.4. The Balaban J connectivity index is 1.65. The Bertz CT molecular complexity index is 383. The van der Waals surface area contributed by atoms with E-state index in [4.69, 9.17) is 4.74 Å². The van der Waals surface area contributed by atoms with Gasteiger partial charge in [0.05, 0.1) is 0 Å². The first-order chi connectivity index (χ1) is 8.65. The monoisotopic (exact) mass is 247 g/mol. The van der Waals surface area contributed by atoms with E-state index in [0.29, 0.717) is 18.6 Å². The fraction of sp³-hybridized carbons (Fsp3) is 0.533. The van der Waals surface area contributed by atoms with Crippen LogP contribution in [0.15, 0.2) is 30.3 Å². The van der Waals surface area contributed by atoms with Crippen molar-refractivity contribution >= 4 is 6.09 Å². The Kier molecular flexibility index (Phi) is 4.24. The van der Waals surface area contributed by atoms with Crippen molar-refractivity contribution in [3.05, 3.63) is 35.9 Å². The van der Waals surface area contributed by atoms with Crippen LogP contribution in [-0.2, 0) is 11.3 Å². The van der Waals surface area contributed by atoms with Gasteiger partial charge >= 0.3 is 6.09 Å². The Morgan fingerprint density at radius 3 is 2.61 bits per heavy atom. The Morgan fingerprint density at radius 2 is 2.00 bits per heavy atom. The second kappa shape index (κ2) is 5.89. The molecule has 0 radical (unpaired) electrons.